The fourth-order valence-electron chi connectivity index (χ4n) is 2.31. The van der Waals surface area contributed by atoms with Crippen molar-refractivity contribution in [3.63, 3.8) is 0 Å². The second kappa shape index (κ2) is 5.96. The summed E-state index contributed by atoms with van der Waals surface area (Å²) in [5.74, 6) is 0.588. The van der Waals surface area contributed by atoms with Gasteiger partial charge >= 0.3 is 0 Å². The Kier molecular flexibility index (Phi) is 4.04. The third-order valence-corrected chi connectivity index (χ3v) is 3.82. The van der Waals surface area contributed by atoms with Crippen molar-refractivity contribution in [3.8, 4) is 5.75 Å². The van der Waals surface area contributed by atoms with Crippen LogP contribution in [0.2, 0.25) is 10.0 Å². The topological polar surface area (TPSA) is 38.3 Å². The molecule has 1 N–H and O–H groups in total. The number of fused-ring (bicyclic) bond motifs is 1. The molecule has 108 valence electrons. The highest BCUT2D eigenvalue weighted by Gasteiger charge is 2.28. The van der Waals surface area contributed by atoms with E-state index in [9.17, 15) is 4.79 Å². The minimum atomic E-state index is -0.502. The molecule has 1 atom stereocenters. The Morgan fingerprint density at radius 1 is 1.19 bits per heavy atom. The van der Waals surface area contributed by atoms with Gasteiger partial charge in [0.1, 0.15) is 5.75 Å². The number of nitrogens with one attached hydrogen (secondary N) is 1. The highest BCUT2D eigenvalue weighted by Crippen LogP contribution is 2.31. The molecule has 0 aromatic heterocycles. The molecule has 5 heteroatoms. The average Bonchev–Trinajstić information content (AvgIpc) is 2.88. The van der Waals surface area contributed by atoms with Gasteiger partial charge in [0.2, 0.25) is 0 Å². The lowest BCUT2D eigenvalue weighted by Gasteiger charge is -2.11. The predicted octanol–water partition coefficient (Wildman–Crippen LogP) is 3.61. The predicted molar refractivity (Wildman–Crippen MR) is 82.9 cm³/mol. The first kappa shape index (κ1) is 14.2. The molecule has 21 heavy (non-hydrogen) atoms. The highest BCUT2D eigenvalue weighted by molar-refractivity contribution is 6.30. The van der Waals surface area contributed by atoms with E-state index in [1.54, 1.807) is 18.2 Å². The molecular weight excluding hydrogens is 309 g/mol. The van der Waals surface area contributed by atoms with E-state index in [-0.39, 0.29) is 5.91 Å². The van der Waals surface area contributed by atoms with Crippen molar-refractivity contribution in [2.75, 3.05) is 0 Å². The van der Waals surface area contributed by atoms with Crippen LogP contribution in [0.4, 0.5) is 0 Å². The van der Waals surface area contributed by atoms with Gasteiger partial charge in [-0.15, -0.1) is 0 Å². The lowest BCUT2D eigenvalue weighted by molar-refractivity contribution is -0.127. The van der Waals surface area contributed by atoms with Gasteiger partial charge in [-0.25, -0.2) is 0 Å². The molecule has 0 radical (unpaired) electrons. The number of carbonyl (C=O) groups is 1. The summed E-state index contributed by atoms with van der Waals surface area (Å²) in [6.45, 7) is 0.427. The van der Waals surface area contributed by atoms with E-state index in [1.165, 1.54) is 0 Å². The maximum atomic E-state index is 12.2. The van der Waals surface area contributed by atoms with Crippen LogP contribution in [0.1, 0.15) is 11.1 Å². The van der Waals surface area contributed by atoms with Gasteiger partial charge in [-0.2, -0.15) is 0 Å². The van der Waals surface area contributed by atoms with Crippen LogP contribution in [0, 0.1) is 0 Å². The van der Waals surface area contributed by atoms with Crippen LogP contribution in [0.25, 0.3) is 0 Å². The lowest BCUT2D eigenvalue weighted by Crippen LogP contribution is -2.37. The minimum Gasteiger partial charge on any atom is -0.480 e. The zero-order chi connectivity index (χ0) is 14.8. The third-order valence-electron chi connectivity index (χ3n) is 3.35. The van der Waals surface area contributed by atoms with Crippen LogP contribution in [0.3, 0.4) is 0 Å². The molecule has 3 nitrogen and oxygen atoms in total. The second-order valence-electron chi connectivity index (χ2n) is 4.91. The quantitative estimate of drug-likeness (QED) is 0.937. The van der Waals surface area contributed by atoms with Crippen LogP contribution >= 0.6 is 23.2 Å². The summed E-state index contributed by atoms with van der Waals surface area (Å²) in [5, 5.41) is 4.17. The Bertz CT molecular complexity index is 688. The fourth-order valence-corrected chi connectivity index (χ4v) is 2.72. The SMILES string of the molecule is O=C(NCc1cccc(Cl)c1)[C@H]1Cc2cc(Cl)ccc2O1. The lowest BCUT2D eigenvalue weighted by atomic mass is 10.1. The summed E-state index contributed by atoms with van der Waals surface area (Å²) in [7, 11) is 0. The van der Waals surface area contributed by atoms with Crippen molar-refractivity contribution in [2.45, 2.75) is 19.1 Å². The van der Waals surface area contributed by atoms with Crippen molar-refractivity contribution in [1.29, 1.82) is 0 Å². The number of carbonyl (C=O) groups excluding carboxylic acids is 1. The van der Waals surface area contributed by atoms with Crippen molar-refractivity contribution in [3.05, 3.63) is 63.6 Å². The van der Waals surface area contributed by atoms with Gasteiger partial charge < -0.3 is 10.1 Å². The summed E-state index contributed by atoms with van der Waals surface area (Å²) < 4.78 is 5.64. The highest BCUT2D eigenvalue weighted by atomic mass is 35.5. The smallest absolute Gasteiger partial charge is 0.261 e. The second-order valence-corrected chi connectivity index (χ2v) is 5.78. The molecule has 0 bridgehead atoms. The van der Waals surface area contributed by atoms with Gasteiger partial charge in [0.25, 0.3) is 5.91 Å². The molecular formula is C16H13Cl2NO2. The number of amides is 1. The molecule has 0 aliphatic carbocycles. The van der Waals surface area contributed by atoms with Crippen LogP contribution in [-0.4, -0.2) is 12.0 Å². The molecule has 0 unspecified atom stereocenters. The molecule has 1 heterocycles. The van der Waals surface area contributed by atoms with Crippen molar-refractivity contribution in [1.82, 2.24) is 5.32 Å². The summed E-state index contributed by atoms with van der Waals surface area (Å²) in [6, 6.07) is 12.8. The number of hydrogen-bond donors (Lipinski definition) is 1. The Balaban J connectivity index is 1.60. The van der Waals surface area contributed by atoms with E-state index in [4.69, 9.17) is 27.9 Å². The van der Waals surface area contributed by atoms with Crippen LogP contribution in [0.5, 0.6) is 5.75 Å². The first-order valence-electron chi connectivity index (χ1n) is 6.59. The Morgan fingerprint density at radius 3 is 2.81 bits per heavy atom. The van der Waals surface area contributed by atoms with Crippen molar-refractivity contribution < 1.29 is 9.53 Å². The maximum absolute atomic E-state index is 12.2. The number of ether oxygens (including phenoxy) is 1. The maximum Gasteiger partial charge on any atom is 0.261 e. The molecule has 3 rings (SSSR count). The zero-order valence-electron chi connectivity index (χ0n) is 11.1. The monoisotopic (exact) mass is 321 g/mol. The minimum absolute atomic E-state index is 0.137. The van der Waals surface area contributed by atoms with Crippen LogP contribution < -0.4 is 10.1 Å². The summed E-state index contributed by atoms with van der Waals surface area (Å²) >= 11 is 11.9. The number of halogens is 2. The van der Waals surface area contributed by atoms with Crippen LogP contribution in [-0.2, 0) is 17.8 Å². The standard InChI is InChI=1S/C16H13Cl2NO2/c17-12-3-1-2-10(6-12)9-19-16(20)15-8-11-7-13(18)4-5-14(11)21-15/h1-7,15H,8-9H2,(H,19,20)/t15-/m1/s1. The van der Waals surface area contributed by atoms with E-state index in [0.29, 0.717) is 23.0 Å². The van der Waals surface area contributed by atoms with Gasteiger partial charge in [-0.05, 0) is 41.5 Å². The third kappa shape index (κ3) is 3.31. The van der Waals surface area contributed by atoms with Crippen molar-refractivity contribution >= 4 is 29.1 Å². The summed E-state index contributed by atoms with van der Waals surface area (Å²) in [6.07, 6.45) is 0.0368. The molecule has 2 aromatic carbocycles. The fraction of sp³-hybridized carbons (Fsp3) is 0.188. The van der Waals surface area contributed by atoms with E-state index in [1.807, 2.05) is 24.3 Å². The van der Waals surface area contributed by atoms with Gasteiger partial charge in [-0.1, -0.05) is 35.3 Å². The Hall–Kier alpha value is -1.71. The van der Waals surface area contributed by atoms with Crippen molar-refractivity contribution in [2.24, 2.45) is 0 Å². The molecule has 1 aliphatic rings. The molecule has 1 amide bonds. The molecule has 0 saturated carbocycles. The van der Waals surface area contributed by atoms with Gasteiger partial charge in [0.05, 0.1) is 0 Å². The summed E-state index contributed by atoms with van der Waals surface area (Å²) in [4.78, 5) is 12.2. The number of benzene rings is 2. The van der Waals surface area contributed by atoms with Crippen LogP contribution in [0.15, 0.2) is 42.5 Å². The average molecular weight is 322 g/mol. The van der Waals surface area contributed by atoms with Gasteiger partial charge in [0, 0.05) is 23.0 Å². The normalized spacial score (nSPS) is 16.2. The van der Waals surface area contributed by atoms with E-state index in [0.717, 1.165) is 16.9 Å². The number of rotatable bonds is 3. The first-order valence-corrected chi connectivity index (χ1v) is 7.34. The van der Waals surface area contributed by atoms with Gasteiger partial charge in [0.15, 0.2) is 6.10 Å². The molecule has 0 saturated heterocycles. The molecule has 0 spiro atoms. The van der Waals surface area contributed by atoms with Gasteiger partial charge in [-0.3, -0.25) is 4.79 Å². The van der Waals surface area contributed by atoms with E-state index < -0.39 is 6.10 Å². The molecule has 1 aliphatic heterocycles. The molecule has 0 fully saturated rings. The first-order chi connectivity index (χ1) is 10.1. The van der Waals surface area contributed by atoms with E-state index in [2.05, 4.69) is 5.32 Å². The largest absolute Gasteiger partial charge is 0.480 e. The molecule has 2 aromatic rings. The summed E-state index contributed by atoms with van der Waals surface area (Å²) in [5.41, 5.74) is 1.92. The van der Waals surface area contributed by atoms with E-state index >= 15 is 0 Å². The number of hydrogen-bond acceptors (Lipinski definition) is 2. The zero-order valence-corrected chi connectivity index (χ0v) is 12.6. The Labute approximate surface area is 132 Å². The Morgan fingerprint density at radius 2 is 2.00 bits per heavy atom.